The number of nitrogens with zero attached hydrogens (tertiary/aromatic N) is 4. The van der Waals surface area contributed by atoms with E-state index in [9.17, 15) is 10.1 Å². The number of imidazole rings is 1. The fraction of sp³-hybridized carbons (Fsp3) is 0.231. The van der Waals surface area contributed by atoms with Crippen molar-refractivity contribution in [3.63, 3.8) is 0 Å². The van der Waals surface area contributed by atoms with Crippen molar-refractivity contribution in [2.24, 2.45) is 0 Å². The van der Waals surface area contributed by atoms with Crippen LogP contribution >= 0.6 is 0 Å². The molecule has 2 heterocycles. The van der Waals surface area contributed by atoms with Crippen molar-refractivity contribution in [3.8, 4) is 0 Å². The van der Waals surface area contributed by atoms with Crippen LogP contribution in [0.15, 0.2) is 41.3 Å². The lowest BCUT2D eigenvalue weighted by atomic mass is 10.3. The summed E-state index contributed by atoms with van der Waals surface area (Å²) in [5.41, 5.74) is 0.966. The van der Waals surface area contributed by atoms with Crippen molar-refractivity contribution in [2.75, 3.05) is 5.32 Å². The average molecular weight is 287 g/mol. The number of nitro benzene ring substituents is 1. The first-order chi connectivity index (χ1) is 10.1. The zero-order valence-corrected chi connectivity index (χ0v) is 11.3. The first kappa shape index (κ1) is 13.1. The van der Waals surface area contributed by atoms with Gasteiger partial charge < -0.3 is 14.3 Å². The minimum Gasteiger partial charge on any atom is -0.424 e. The molecule has 1 N–H and O–H groups in total. The van der Waals surface area contributed by atoms with E-state index in [1.54, 1.807) is 18.6 Å². The highest BCUT2D eigenvalue weighted by atomic mass is 16.6. The van der Waals surface area contributed by atoms with Gasteiger partial charge in [-0.1, -0.05) is 0 Å². The quantitative estimate of drug-likeness (QED) is 0.571. The Kier molecular flexibility index (Phi) is 3.27. The lowest BCUT2D eigenvalue weighted by Gasteiger charge is -2.12. The lowest BCUT2D eigenvalue weighted by Crippen LogP contribution is -2.21. The van der Waals surface area contributed by atoms with Gasteiger partial charge in [0.25, 0.3) is 11.7 Å². The van der Waals surface area contributed by atoms with Gasteiger partial charge in [-0.2, -0.15) is 4.98 Å². The van der Waals surface area contributed by atoms with Crippen LogP contribution in [0.4, 0.5) is 11.7 Å². The summed E-state index contributed by atoms with van der Waals surface area (Å²) >= 11 is 0. The second-order valence-corrected chi connectivity index (χ2v) is 4.73. The summed E-state index contributed by atoms with van der Waals surface area (Å²) in [4.78, 5) is 18.5. The Morgan fingerprint density at radius 1 is 1.52 bits per heavy atom. The van der Waals surface area contributed by atoms with E-state index in [1.807, 2.05) is 17.7 Å². The maximum atomic E-state index is 10.7. The highest BCUT2D eigenvalue weighted by Gasteiger charge is 2.13. The summed E-state index contributed by atoms with van der Waals surface area (Å²) in [7, 11) is 0. The predicted molar refractivity (Wildman–Crippen MR) is 76.0 cm³/mol. The van der Waals surface area contributed by atoms with Crippen molar-refractivity contribution in [1.82, 2.24) is 14.5 Å². The van der Waals surface area contributed by atoms with Gasteiger partial charge in [-0.3, -0.25) is 10.1 Å². The van der Waals surface area contributed by atoms with Gasteiger partial charge in [0.1, 0.15) is 5.52 Å². The molecule has 0 aliphatic rings. The van der Waals surface area contributed by atoms with Crippen LogP contribution in [0.2, 0.25) is 0 Å². The molecule has 21 heavy (non-hydrogen) atoms. The number of oxazole rings is 1. The van der Waals surface area contributed by atoms with Crippen LogP contribution in [0.25, 0.3) is 11.1 Å². The Bertz CT molecular complexity index is 765. The Morgan fingerprint density at radius 2 is 2.38 bits per heavy atom. The molecule has 0 radical (unpaired) electrons. The van der Waals surface area contributed by atoms with Crippen molar-refractivity contribution >= 4 is 22.8 Å². The molecular weight excluding hydrogens is 274 g/mol. The molecule has 2 aromatic heterocycles. The second-order valence-electron chi connectivity index (χ2n) is 4.73. The summed E-state index contributed by atoms with van der Waals surface area (Å²) in [6.45, 7) is 2.69. The third-order valence-corrected chi connectivity index (χ3v) is 3.00. The number of fused-ring (bicyclic) bond motifs is 1. The number of nitro groups is 1. The van der Waals surface area contributed by atoms with Gasteiger partial charge in [0, 0.05) is 37.1 Å². The van der Waals surface area contributed by atoms with Gasteiger partial charge in [0.05, 0.1) is 11.3 Å². The molecule has 1 aromatic carbocycles. The van der Waals surface area contributed by atoms with Crippen molar-refractivity contribution in [3.05, 3.63) is 47.0 Å². The van der Waals surface area contributed by atoms with Crippen molar-refractivity contribution in [1.29, 1.82) is 0 Å². The summed E-state index contributed by atoms with van der Waals surface area (Å²) in [6.07, 6.45) is 5.31. The molecule has 0 bridgehead atoms. The first-order valence-corrected chi connectivity index (χ1v) is 6.39. The second kappa shape index (κ2) is 5.23. The van der Waals surface area contributed by atoms with Crippen LogP contribution in [0.3, 0.4) is 0 Å². The van der Waals surface area contributed by atoms with E-state index in [-0.39, 0.29) is 11.7 Å². The van der Waals surface area contributed by atoms with Crippen LogP contribution < -0.4 is 5.32 Å². The normalized spacial score (nSPS) is 12.4. The Labute approximate surface area is 119 Å². The van der Waals surface area contributed by atoms with E-state index in [2.05, 4.69) is 15.3 Å². The maximum absolute atomic E-state index is 10.7. The SMILES string of the molecule is CC(Cn1ccnc1)Nc1nc2cc([N+](=O)[O-])ccc2o1. The molecule has 0 amide bonds. The number of hydrogen-bond donors (Lipinski definition) is 1. The largest absolute Gasteiger partial charge is 0.424 e. The molecule has 8 heteroatoms. The Balaban J connectivity index is 1.76. The summed E-state index contributed by atoms with van der Waals surface area (Å²) in [6, 6.07) is 4.75. The molecule has 0 saturated heterocycles. The van der Waals surface area contributed by atoms with Gasteiger partial charge in [0.2, 0.25) is 0 Å². The van der Waals surface area contributed by atoms with Crippen molar-refractivity contribution < 1.29 is 9.34 Å². The van der Waals surface area contributed by atoms with Crippen LogP contribution in [-0.4, -0.2) is 25.5 Å². The number of benzene rings is 1. The van der Waals surface area contributed by atoms with Crippen LogP contribution in [0, 0.1) is 10.1 Å². The summed E-state index contributed by atoms with van der Waals surface area (Å²) in [5, 5.41) is 13.9. The molecule has 3 aromatic rings. The topological polar surface area (TPSA) is 99.0 Å². The zero-order chi connectivity index (χ0) is 14.8. The highest BCUT2D eigenvalue weighted by molar-refractivity contribution is 5.77. The predicted octanol–water partition coefficient (Wildman–Crippen LogP) is 2.43. The third kappa shape index (κ3) is 2.83. The fourth-order valence-electron chi connectivity index (χ4n) is 2.06. The number of hydrogen-bond acceptors (Lipinski definition) is 6. The van der Waals surface area contributed by atoms with E-state index in [0.29, 0.717) is 23.7 Å². The average Bonchev–Trinajstić information content (AvgIpc) is 3.05. The smallest absolute Gasteiger partial charge is 0.295 e. The first-order valence-electron chi connectivity index (χ1n) is 6.39. The molecule has 0 fully saturated rings. The summed E-state index contributed by atoms with van der Waals surface area (Å²) in [5.74, 6) is 0. The molecular formula is C13H13N5O3. The van der Waals surface area contributed by atoms with Crippen molar-refractivity contribution in [2.45, 2.75) is 19.5 Å². The molecule has 1 unspecified atom stereocenters. The highest BCUT2D eigenvalue weighted by Crippen LogP contribution is 2.23. The fourth-order valence-corrected chi connectivity index (χ4v) is 2.06. The van der Waals surface area contributed by atoms with E-state index in [1.165, 1.54) is 12.1 Å². The minimum absolute atomic E-state index is 0.00573. The molecule has 0 spiro atoms. The van der Waals surface area contributed by atoms with Gasteiger partial charge in [-0.05, 0) is 13.0 Å². The number of nitrogens with one attached hydrogen (secondary N) is 1. The molecule has 3 rings (SSSR count). The minimum atomic E-state index is -0.455. The van der Waals surface area contributed by atoms with E-state index < -0.39 is 4.92 Å². The molecule has 1 atom stereocenters. The molecule has 0 aliphatic carbocycles. The molecule has 8 nitrogen and oxygen atoms in total. The van der Waals surface area contributed by atoms with Gasteiger partial charge in [0.15, 0.2) is 5.58 Å². The van der Waals surface area contributed by atoms with Crippen LogP contribution in [0.5, 0.6) is 0 Å². The maximum Gasteiger partial charge on any atom is 0.295 e. The number of non-ortho nitro benzene ring substituents is 1. The molecule has 0 saturated carbocycles. The standard InChI is InChI=1S/C13H13N5O3/c1-9(7-17-5-4-14-8-17)15-13-16-11-6-10(18(19)20)2-3-12(11)21-13/h2-6,8-9H,7H2,1H3,(H,15,16). The lowest BCUT2D eigenvalue weighted by molar-refractivity contribution is -0.384. The third-order valence-electron chi connectivity index (χ3n) is 3.00. The van der Waals surface area contributed by atoms with E-state index >= 15 is 0 Å². The monoisotopic (exact) mass is 287 g/mol. The molecule has 108 valence electrons. The Hall–Kier alpha value is -2.90. The van der Waals surface area contributed by atoms with Gasteiger partial charge in [-0.25, -0.2) is 4.98 Å². The number of aromatic nitrogens is 3. The van der Waals surface area contributed by atoms with E-state index in [0.717, 1.165) is 0 Å². The molecule has 0 aliphatic heterocycles. The van der Waals surface area contributed by atoms with E-state index in [4.69, 9.17) is 4.42 Å². The zero-order valence-electron chi connectivity index (χ0n) is 11.3. The number of anilines is 1. The number of rotatable bonds is 5. The van der Waals surface area contributed by atoms with Gasteiger partial charge in [-0.15, -0.1) is 0 Å². The van der Waals surface area contributed by atoms with Crippen LogP contribution in [0.1, 0.15) is 6.92 Å². The van der Waals surface area contributed by atoms with Gasteiger partial charge >= 0.3 is 0 Å². The summed E-state index contributed by atoms with van der Waals surface area (Å²) < 4.78 is 7.46. The Morgan fingerprint density at radius 3 is 3.10 bits per heavy atom. The van der Waals surface area contributed by atoms with Crippen LogP contribution in [-0.2, 0) is 6.54 Å².